The van der Waals surface area contributed by atoms with Gasteiger partial charge in [-0.15, -0.1) is 0 Å². The molecule has 0 aromatic carbocycles. The number of nitrogens with zero attached hydrogens (tertiary/aromatic N) is 4. The Balaban J connectivity index is 1.56. The van der Waals surface area contributed by atoms with Gasteiger partial charge in [-0.05, 0) is 61.6 Å². The van der Waals surface area contributed by atoms with Crippen molar-refractivity contribution in [3.8, 4) is 22.7 Å². The first kappa shape index (κ1) is 21.1. The van der Waals surface area contributed by atoms with Crippen LogP contribution in [0.25, 0.3) is 38.6 Å². The molecule has 34 heavy (non-hydrogen) atoms. The van der Waals surface area contributed by atoms with Gasteiger partial charge in [-0.25, -0.2) is 19.2 Å². The van der Waals surface area contributed by atoms with Crippen LogP contribution in [-0.2, 0) is 0 Å². The van der Waals surface area contributed by atoms with E-state index in [-0.39, 0.29) is 34.6 Å². The van der Waals surface area contributed by atoms with Crippen LogP contribution in [0.15, 0.2) is 35.1 Å². The van der Waals surface area contributed by atoms with Crippen molar-refractivity contribution in [1.29, 1.82) is 0 Å². The normalized spacial score (nSPS) is 23.8. The summed E-state index contributed by atoms with van der Waals surface area (Å²) in [6.45, 7) is 10.1. The third-order valence-corrected chi connectivity index (χ3v) is 7.75. The number of hydrogen-bond donors (Lipinski definition) is 2. The molecule has 4 heterocycles. The molecule has 4 aromatic heterocycles. The van der Waals surface area contributed by atoms with Crippen LogP contribution in [0.1, 0.15) is 32.6 Å². The van der Waals surface area contributed by atoms with Gasteiger partial charge < -0.3 is 9.73 Å². The van der Waals surface area contributed by atoms with E-state index in [0.29, 0.717) is 39.5 Å². The fraction of sp³-hybridized carbons (Fsp3) is 0.360. The summed E-state index contributed by atoms with van der Waals surface area (Å²) in [5.41, 5.74) is 1.31. The molecule has 3 fully saturated rings. The van der Waals surface area contributed by atoms with Gasteiger partial charge in [0, 0.05) is 17.6 Å². The molecule has 4 aromatic rings. The lowest BCUT2D eigenvalue weighted by atomic mass is 9.62. The number of rotatable bonds is 4. The average Bonchev–Trinajstić information content (AvgIpc) is 3.52. The van der Waals surface area contributed by atoms with Crippen LogP contribution in [0.3, 0.4) is 0 Å². The van der Waals surface area contributed by atoms with E-state index in [0.717, 1.165) is 12.8 Å². The lowest BCUT2D eigenvalue weighted by Gasteiger charge is -2.47. The highest BCUT2D eigenvalue weighted by Crippen LogP contribution is 2.48. The number of H-pyrrole nitrogens is 1. The molecule has 0 aliphatic heterocycles. The van der Waals surface area contributed by atoms with E-state index in [4.69, 9.17) is 22.6 Å². The van der Waals surface area contributed by atoms with Crippen molar-refractivity contribution in [1.82, 2.24) is 20.2 Å². The third-order valence-electron chi connectivity index (χ3n) is 7.54. The zero-order chi connectivity index (χ0) is 23.4. The van der Waals surface area contributed by atoms with Crippen LogP contribution in [-0.4, -0.2) is 26.2 Å². The molecule has 0 saturated heterocycles. The van der Waals surface area contributed by atoms with Crippen LogP contribution >= 0.6 is 11.6 Å². The SMILES string of the molecule is [C-]#[N+]c1c(-c2[nH]nc3ncc(Cl)cc23)nc(N[C@H]2C3CCC(CC3)[C@@H]2C)c(F)c1-c1ccco1. The Morgan fingerprint density at radius 3 is 2.76 bits per heavy atom. The molecule has 0 radical (unpaired) electrons. The predicted octanol–water partition coefficient (Wildman–Crippen LogP) is 6.86. The smallest absolute Gasteiger partial charge is 0.228 e. The summed E-state index contributed by atoms with van der Waals surface area (Å²) in [6.07, 6.45) is 7.71. The number of pyridine rings is 2. The maximum absolute atomic E-state index is 16.0. The number of anilines is 1. The highest BCUT2D eigenvalue weighted by atomic mass is 35.5. The van der Waals surface area contributed by atoms with Crippen molar-refractivity contribution in [2.75, 3.05) is 5.32 Å². The minimum absolute atomic E-state index is 0.0433. The summed E-state index contributed by atoms with van der Waals surface area (Å²) in [5.74, 6) is 1.35. The molecule has 7 nitrogen and oxygen atoms in total. The van der Waals surface area contributed by atoms with Crippen molar-refractivity contribution in [3.63, 3.8) is 0 Å². The van der Waals surface area contributed by atoms with Gasteiger partial charge in [0.2, 0.25) is 5.69 Å². The van der Waals surface area contributed by atoms with Crippen LogP contribution < -0.4 is 5.32 Å². The summed E-state index contributed by atoms with van der Waals surface area (Å²) in [7, 11) is 0. The molecule has 2 bridgehead atoms. The second-order valence-electron chi connectivity index (χ2n) is 9.26. The van der Waals surface area contributed by atoms with E-state index in [1.54, 1.807) is 18.2 Å². The van der Waals surface area contributed by atoms with Crippen molar-refractivity contribution < 1.29 is 8.81 Å². The summed E-state index contributed by atoms with van der Waals surface area (Å²) in [5, 5.41) is 11.6. The number of furan rings is 1. The van der Waals surface area contributed by atoms with Crippen molar-refractivity contribution >= 4 is 34.1 Å². The van der Waals surface area contributed by atoms with Crippen LogP contribution in [0.5, 0.6) is 0 Å². The van der Waals surface area contributed by atoms with Crippen LogP contribution in [0, 0.1) is 30.1 Å². The average molecular weight is 477 g/mol. The standard InChI is InChI=1S/C25H22ClFN6O/c1-12-13-5-7-14(8-6-13)20(12)30-25-19(27)18(17-4-3-9-34-17)22(28-2)23(31-25)21-16-10-15(26)11-29-24(16)33-32-21/h3-4,9-14,20H,5-8H2,1H3,(H,30,31)(H,29,32,33)/t12-,13?,14?,20+/m0/s1. The molecule has 3 aliphatic carbocycles. The molecule has 172 valence electrons. The number of halogens is 2. The Morgan fingerprint density at radius 2 is 2.06 bits per heavy atom. The van der Waals surface area contributed by atoms with Gasteiger partial charge in [0.25, 0.3) is 0 Å². The van der Waals surface area contributed by atoms with Gasteiger partial charge in [0.1, 0.15) is 5.76 Å². The van der Waals surface area contributed by atoms with Crippen LogP contribution in [0.4, 0.5) is 15.9 Å². The first-order valence-electron chi connectivity index (χ1n) is 11.5. The van der Waals surface area contributed by atoms with Gasteiger partial charge in [0.05, 0.1) is 34.8 Å². The van der Waals surface area contributed by atoms with Crippen molar-refractivity contribution in [2.45, 2.75) is 38.6 Å². The van der Waals surface area contributed by atoms with Gasteiger partial charge in [0.15, 0.2) is 17.3 Å². The lowest BCUT2D eigenvalue weighted by Crippen LogP contribution is -2.47. The van der Waals surface area contributed by atoms with E-state index in [1.807, 2.05) is 0 Å². The van der Waals surface area contributed by atoms with E-state index < -0.39 is 5.82 Å². The van der Waals surface area contributed by atoms with Crippen molar-refractivity contribution in [2.24, 2.45) is 17.8 Å². The predicted molar refractivity (Wildman–Crippen MR) is 128 cm³/mol. The monoisotopic (exact) mass is 476 g/mol. The Hall–Kier alpha value is -3.44. The zero-order valence-electron chi connectivity index (χ0n) is 18.5. The van der Waals surface area contributed by atoms with E-state index >= 15 is 4.39 Å². The largest absolute Gasteiger partial charge is 0.466 e. The summed E-state index contributed by atoms with van der Waals surface area (Å²) < 4.78 is 21.6. The molecule has 2 N–H and O–H groups in total. The zero-order valence-corrected chi connectivity index (χ0v) is 19.2. The number of aromatic amines is 1. The fourth-order valence-corrected chi connectivity index (χ4v) is 5.95. The van der Waals surface area contributed by atoms with E-state index in [9.17, 15) is 0 Å². The summed E-state index contributed by atoms with van der Waals surface area (Å²) in [4.78, 5) is 12.6. The Bertz CT molecular complexity index is 1420. The second kappa shape index (κ2) is 8.10. The Morgan fingerprint density at radius 1 is 1.26 bits per heavy atom. The van der Waals surface area contributed by atoms with Crippen LogP contribution in [0.2, 0.25) is 5.02 Å². The molecular formula is C25H22ClFN6O. The molecule has 7 rings (SSSR count). The number of aromatic nitrogens is 4. The highest BCUT2D eigenvalue weighted by molar-refractivity contribution is 6.31. The lowest BCUT2D eigenvalue weighted by molar-refractivity contribution is 0.0926. The molecule has 0 unspecified atom stereocenters. The number of fused-ring (bicyclic) bond motifs is 4. The van der Waals surface area contributed by atoms with E-state index in [2.05, 4.69) is 37.3 Å². The van der Waals surface area contributed by atoms with Crippen molar-refractivity contribution in [3.05, 3.63) is 52.9 Å². The molecule has 3 saturated carbocycles. The molecule has 2 atom stereocenters. The second-order valence-corrected chi connectivity index (χ2v) is 9.70. The number of nitrogens with one attached hydrogen (secondary N) is 2. The van der Waals surface area contributed by atoms with Gasteiger partial charge in [-0.3, -0.25) is 5.10 Å². The molecule has 9 heteroatoms. The Labute approximate surface area is 200 Å². The van der Waals surface area contributed by atoms with Gasteiger partial charge in [-0.2, -0.15) is 5.10 Å². The number of hydrogen-bond acceptors (Lipinski definition) is 5. The first-order valence-corrected chi connectivity index (χ1v) is 11.8. The van der Waals surface area contributed by atoms with Gasteiger partial charge in [-0.1, -0.05) is 18.5 Å². The topological polar surface area (TPSA) is 84.0 Å². The fourth-order valence-electron chi connectivity index (χ4n) is 5.79. The molecule has 0 spiro atoms. The maximum atomic E-state index is 16.0. The summed E-state index contributed by atoms with van der Waals surface area (Å²) in [6, 6.07) is 5.16. The summed E-state index contributed by atoms with van der Waals surface area (Å²) >= 11 is 6.19. The molecule has 0 amide bonds. The third kappa shape index (κ3) is 3.26. The molecule has 3 aliphatic rings. The van der Waals surface area contributed by atoms with E-state index in [1.165, 1.54) is 25.3 Å². The highest BCUT2D eigenvalue weighted by Gasteiger charge is 2.42. The minimum Gasteiger partial charge on any atom is -0.466 e. The minimum atomic E-state index is -0.585. The maximum Gasteiger partial charge on any atom is 0.228 e. The molecular weight excluding hydrogens is 455 g/mol. The van der Waals surface area contributed by atoms with Gasteiger partial charge >= 0.3 is 0 Å². The first-order chi connectivity index (χ1) is 16.5. The quantitative estimate of drug-likeness (QED) is 0.314. The Kier molecular flexibility index (Phi) is 5.03.